The minimum absolute atomic E-state index is 0.0741. The lowest BCUT2D eigenvalue weighted by molar-refractivity contribution is -0.123. The van der Waals surface area contributed by atoms with Crippen molar-refractivity contribution in [1.29, 1.82) is 0 Å². The summed E-state index contributed by atoms with van der Waals surface area (Å²) in [4.78, 5) is 25.2. The van der Waals surface area contributed by atoms with E-state index in [1.165, 1.54) is 19.1 Å². The number of carbonyl (C=O) groups is 2. The molecule has 1 N–H and O–H groups in total. The maximum absolute atomic E-state index is 13.2. The molecule has 0 aliphatic rings. The van der Waals surface area contributed by atoms with Gasteiger partial charge in [-0.1, -0.05) is 0 Å². The van der Waals surface area contributed by atoms with Crippen molar-refractivity contribution in [3.8, 4) is 5.69 Å². The quantitative estimate of drug-likeness (QED) is 0.616. The molecule has 30 heavy (non-hydrogen) atoms. The van der Waals surface area contributed by atoms with Crippen LogP contribution in [0.4, 0.5) is 10.2 Å². The van der Waals surface area contributed by atoms with E-state index in [-0.39, 0.29) is 11.9 Å². The van der Waals surface area contributed by atoms with Gasteiger partial charge in [0.2, 0.25) is 0 Å². The fourth-order valence-electron chi connectivity index (χ4n) is 3.29. The monoisotopic (exact) mass is 412 g/mol. The minimum Gasteiger partial charge on any atom is -0.449 e. The molecule has 1 atom stereocenters. The predicted molar refractivity (Wildman–Crippen MR) is 111 cm³/mol. The zero-order chi connectivity index (χ0) is 22.0. The number of halogens is 1. The summed E-state index contributed by atoms with van der Waals surface area (Å²) in [5.74, 6) is -0.846. The van der Waals surface area contributed by atoms with Crippen molar-refractivity contribution < 1.29 is 18.7 Å². The highest BCUT2D eigenvalue weighted by atomic mass is 19.1. The summed E-state index contributed by atoms with van der Waals surface area (Å²) in [6.07, 6.45) is 0.596. The molecule has 0 fully saturated rings. The number of esters is 1. The van der Waals surface area contributed by atoms with Gasteiger partial charge in [-0.2, -0.15) is 5.10 Å². The van der Waals surface area contributed by atoms with Crippen molar-refractivity contribution in [2.75, 3.05) is 5.32 Å². The van der Waals surface area contributed by atoms with Crippen LogP contribution in [0, 0.1) is 19.7 Å². The standard InChI is InChI=1S/C22H25FN4O3/c1-13(2)27-20(10-11-24-27)25-21(28)16(5)30-22(29)19-12-14(3)26(15(19)4)18-8-6-17(23)7-9-18/h6-13,16H,1-5H3,(H,25,28)/t16-/m1/s1. The van der Waals surface area contributed by atoms with E-state index in [9.17, 15) is 14.0 Å². The van der Waals surface area contributed by atoms with Crippen molar-refractivity contribution in [3.63, 3.8) is 0 Å². The molecule has 1 aromatic carbocycles. The van der Waals surface area contributed by atoms with Crippen LogP contribution in [0.2, 0.25) is 0 Å². The Kier molecular flexibility index (Phi) is 6.05. The van der Waals surface area contributed by atoms with Crippen LogP contribution in [-0.2, 0) is 9.53 Å². The normalized spacial score (nSPS) is 12.1. The molecule has 3 rings (SSSR count). The number of hydrogen-bond acceptors (Lipinski definition) is 4. The number of ether oxygens (including phenoxy) is 1. The maximum atomic E-state index is 13.2. The summed E-state index contributed by atoms with van der Waals surface area (Å²) in [5.41, 5.74) is 2.53. The van der Waals surface area contributed by atoms with E-state index in [4.69, 9.17) is 4.74 Å². The first-order valence-corrected chi connectivity index (χ1v) is 9.69. The van der Waals surface area contributed by atoms with E-state index in [0.717, 1.165) is 11.4 Å². The number of rotatable bonds is 6. The van der Waals surface area contributed by atoms with Crippen molar-refractivity contribution >= 4 is 17.7 Å². The second-order valence-electron chi connectivity index (χ2n) is 7.39. The topological polar surface area (TPSA) is 78.2 Å². The SMILES string of the molecule is Cc1cc(C(=O)O[C@H](C)C(=O)Nc2ccnn2C(C)C)c(C)n1-c1ccc(F)cc1. The average Bonchev–Trinajstić information content (AvgIpc) is 3.27. The van der Waals surface area contributed by atoms with Crippen LogP contribution in [0.5, 0.6) is 0 Å². The molecular formula is C22H25FN4O3. The van der Waals surface area contributed by atoms with Gasteiger partial charge in [0.1, 0.15) is 11.6 Å². The molecule has 0 aliphatic carbocycles. The summed E-state index contributed by atoms with van der Waals surface area (Å²) < 4.78 is 22.1. The number of nitrogens with zero attached hydrogens (tertiary/aromatic N) is 3. The second kappa shape index (κ2) is 8.52. The summed E-state index contributed by atoms with van der Waals surface area (Å²) in [5, 5.41) is 6.90. The number of hydrogen-bond donors (Lipinski definition) is 1. The van der Waals surface area contributed by atoms with Crippen molar-refractivity contribution in [3.05, 3.63) is 65.4 Å². The van der Waals surface area contributed by atoms with Crippen LogP contribution in [0.1, 0.15) is 48.6 Å². The molecule has 7 nitrogen and oxygen atoms in total. The minimum atomic E-state index is -0.998. The first-order valence-electron chi connectivity index (χ1n) is 9.69. The molecular weight excluding hydrogens is 387 g/mol. The van der Waals surface area contributed by atoms with E-state index in [1.807, 2.05) is 25.3 Å². The van der Waals surface area contributed by atoms with E-state index >= 15 is 0 Å². The molecule has 0 saturated carbocycles. The van der Waals surface area contributed by atoms with Gasteiger partial charge in [0.15, 0.2) is 6.10 Å². The zero-order valence-electron chi connectivity index (χ0n) is 17.6. The largest absolute Gasteiger partial charge is 0.449 e. The third-order valence-corrected chi connectivity index (χ3v) is 4.80. The maximum Gasteiger partial charge on any atom is 0.340 e. The van der Waals surface area contributed by atoms with Crippen molar-refractivity contribution in [2.24, 2.45) is 0 Å². The Morgan fingerprint density at radius 3 is 2.40 bits per heavy atom. The molecule has 0 unspecified atom stereocenters. The van der Waals surface area contributed by atoms with E-state index in [2.05, 4.69) is 10.4 Å². The van der Waals surface area contributed by atoms with Gasteiger partial charge in [0.25, 0.3) is 5.91 Å². The predicted octanol–water partition coefficient (Wildman–Crippen LogP) is 4.19. The first-order chi connectivity index (χ1) is 14.2. The van der Waals surface area contributed by atoms with Gasteiger partial charge in [0.05, 0.1) is 11.8 Å². The van der Waals surface area contributed by atoms with Gasteiger partial charge in [-0.05, 0) is 65.0 Å². The Hall–Kier alpha value is -3.42. The van der Waals surface area contributed by atoms with Gasteiger partial charge < -0.3 is 14.6 Å². The highest BCUT2D eigenvalue weighted by Crippen LogP contribution is 2.22. The van der Waals surface area contributed by atoms with Crippen LogP contribution in [0.3, 0.4) is 0 Å². The fraction of sp³-hybridized carbons (Fsp3) is 0.318. The van der Waals surface area contributed by atoms with Gasteiger partial charge in [-0.3, -0.25) is 4.79 Å². The lowest BCUT2D eigenvalue weighted by atomic mass is 10.2. The van der Waals surface area contributed by atoms with E-state index in [1.54, 1.807) is 42.1 Å². The molecule has 0 spiro atoms. The number of nitrogens with one attached hydrogen (secondary N) is 1. The smallest absolute Gasteiger partial charge is 0.340 e. The molecule has 0 bridgehead atoms. The Morgan fingerprint density at radius 2 is 1.77 bits per heavy atom. The molecule has 2 heterocycles. The lowest BCUT2D eigenvalue weighted by Gasteiger charge is -2.16. The van der Waals surface area contributed by atoms with Crippen LogP contribution in [0.25, 0.3) is 5.69 Å². The molecule has 3 aromatic rings. The van der Waals surface area contributed by atoms with E-state index in [0.29, 0.717) is 17.1 Å². The molecule has 0 radical (unpaired) electrons. The Morgan fingerprint density at radius 1 is 1.10 bits per heavy atom. The van der Waals surface area contributed by atoms with Crippen LogP contribution in [-0.4, -0.2) is 32.3 Å². The number of anilines is 1. The molecule has 1 amide bonds. The number of amides is 1. The first kappa shape index (κ1) is 21.3. The molecule has 8 heteroatoms. The third kappa shape index (κ3) is 4.27. The summed E-state index contributed by atoms with van der Waals surface area (Å²) in [6.45, 7) is 9.03. The summed E-state index contributed by atoms with van der Waals surface area (Å²) in [7, 11) is 0. The highest BCUT2D eigenvalue weighted by molar-refractivity contribution is 5.97. The third-order valence-electron chi connectivity index (χ3n) is 4.80. The van der Waals surface area contributed by atoms with Crippen molar-refractivity contribution in [1.82, 2.24) is 14.3 Å². The lowest BCUT2D eigenvalue weighted by Crippen LogP contribution is -2.31. The van der Waals surface area contributed by atoms with Gasteiger partial charge in [0, 0.05) is 29.2 Å². The molecule has 0 saturated heterocycles. The average molecular weight is 412 g/mol. The summed E-state index contributed by atoms with van der Waals surface area (Å²) >= 11 is 0. The van der Waals surface area contributed by atoms with Crippen LogP contribution >= 0.6 is 0 Å². The van der Waals surface area contributed by atoms with E-state index < -0.39 is 18.0 Å². The van der Waals surface area contributed by atoms with Crippen LogP contribution in [0.15, 0.2) is 42.6 Å². The Balaban J connectivity index is 1.74. The molecule has 2 aromatic heterocycles. The fourth-order valence-corrected chi connectivity index (χ4v) is 3.29. The molecule has 0 aliphatic heterocycles. The number of benzene rings is 1. The Bertz CT molecular complexity index is 1070. The van der Waals surface area contributed by atoms with Gasteiger partial charge >= 0.3 is 5.97 Å². The van der Waals surface area contributed by atoms with Crippen LogP contribution < -0.4 is 5.32 Å². The zero-order valence-corrected chi connectivity index (χ0v) is 17.6. The van der Waals surface area contributed by atoms with Crippen molar-refractivity contribution in [2.45, 2.75) is 46.8 Å². The van der Waals surface area contributed by atoms with Gasteiger partial charge in [-0.25, -0.2) is 13.9 Å². The highest BCUT2D eigenvalue weighted by Gasteiger charge is 2.24. The number of aryl methyl sites for hydroxylation is 1. The second-order valence-corrected chi connectivity index (χ2v) is 7.39. The Labute approximate surface area is 174 Å². The molecule has 158 valence electrons. The number of carbonyl (C=O) groups excluding carboxylic acids is 2. The number of aromatic nitrogens is 3. The van der Waals surface area contributed by atoms with Gasteiger partial charge in [-0.15, -0.1) is 0 Å². The summed E-state index contributed by atoms with van der Waals surface area (Å²) in [6, 6.07) is 9.45.